The number of aryl methyl sites for hydroxylation is 1. The molecule has 0 radical (unpaired) electrons. The van der Waals surface area contributed by atoms with E-state index in [1.807, 2.05) is 0 Å². The zero-order valence-electron chi connectivity index (χ0n) is 13.1. The monoisotopic (exact) mass is 283 g/mol. The zero-order valence-corrected chi connectivity index (χ0v) is 13.1. The first-order valence-electron chi connectivity index (χ1n) is 8.34. The highest BCUT2D eigenvalue weighted by atomic mass is 16.5. The number of hydrogen-bond donors (Lipinski definition) is 0. The fourth-order valence-corrected chi connectivity index (χ4v) is 3.27. The molecule has 0 aliphatic heterocycles. The third kappa shape index (κ3) is 3.37. The van der Waals surface area contributed by atoms with Crippen LogP contribution in [0.2, 0.25) is 0 Å². The van der Waals surface area contributed by atoms with E-state index < -0.39 is 0 Å². The normalized spacial score (nSPS) is 22.4. The first-order chi connectivity index (χ1) is 10.3. The predicted molar refractivity (Wildman–Crippen MR) is 87.8 cm³/mol. The van der Waals surface area contributed by atoms with Gasteiger partial charge in [0.15, 0.2) is 0 Å². The van der Waals surface area contributed by atoms with Crippen molar-refractivity contribution >= 4 is 10.9 Å². The minimum atomic E-state index is 0.396. The summed E-state index contributed by atoms with van der Waals surface area (Å²) in [5.41, 5.74) is 2.21. The lowest BCUT2D eigenvalue weighted by atomic mass is 9.86. The summed E-state index contributed by atoms with van der Waals surface area (Å²) in [4.78, 5) is 4.65. The van der Waals surface area contributed by atoms with Crippen molar-refractivity contribution in [2.45, 2.75) is 58.5 Å². The van der Waals surface area contributed by atoms with Gasteiger partial charge >= 0.3 is 0 Å². The Morgan fingerprint density at radius 3 is 2.57 bits per heavy atom. The maximum absolute atomic E-state index is 6.19. The Bertz CT molecular complexity index is 600. The van der Waals surface area contributed by atoms with Crippen LogP contribution < -0.4 is 4.74 Å². The maximum atomic E-state index is 6.19. The lowest BCUT2D eigenvalue weighted by Gasteiger charge is -2.28. The number of aromatic nitrogens is 1. The van der Waals surface area contributed by atoms with Crippen LogP contribution in [0.4, 0.5) is 0 Å². The van der Waals surface area contributed by atoms with Crippen LogP contribution in [0.3, 0.4) is 0 Å². The number of nitrogens with zero attached hydrogens (tertiary/aromatic N) is 1. The van der Waals surface area contributed by atoms with Gasteiger partial charge in [0.1, 0.15) is 5.75 Å². The van der Waals surface area contributed by atoms with Gasteiger partial charge in [-0.15, -0.1) is 0 Å². The number of hydrogen-bond acceptors (Lipinski definition) is 2. The van der Waals surface area contributed by atoms with Gasteiger partial charge in [-0.2, -0.15) is 0 Å². The highest BCUT2D eigenvalue weighted by molar-refractivity contribution is 5.80. The maximum Gasteiger partial charge on any atom is 0.120 e. The minimum absolute atomic E-state index is 0.396. The van der Waals surface area contributed by atoms with E-state index in [9.17, 15) is 0 Å². The molecule has 2 nitrogen and oxygen atoms in total. The molecule has 2 aromatic rings. The van der Waals surface area contributed by atoms with Crippen molar-refractivity contribution in [2.24, 2.45) is 5.92 Å². The van der Waals surface area contributed by atoms with Gasteiger partial charge in [0.05, 0.1) is 11.6 Å². The molecule has 0 spiro atoms. The average molecular weight is 283 g/mol. The molecule has 1 aromatic carbocycles. The highest BCUT2D eigenvalue weighted by Gasteiger charge is 2.21. The summed E-state index contributed by atoms with van der Waals surface area (Å²) < 4.78 is 6.19. The molecule has 21 heavy (non-hydrogen) atoms. The van der Waals surface area contributed by atoms with Crippen LogP contribution in [0.5, 0.6) is 5.75 Å². The molecule has 1 heterocycles. The SMILES string of the molecule is CCc1ccc2cc(O[C@H]3CC[C@@H](CC)CC3)ccc2n1. The van der Waals surface area contributed by atoms with Crippen LogP contribution in [0.25, 0.3) is 10.9 Å². The van der Waals surface area contributed by atoms with Crippen molar-refractivity contribution < 1.29 is 4.74 Å². The van der Waals surface area contributed by atoms with Gasteiger partial charge in [0.25, 0.3) is 0 Å². The molecule has 0 saturated heterocycles. The molecule has 0 amide bonds. The summed E-state index contributed by atoms with van der Waals surface area (Å²) in [7, 11) is 0. The summed E-state index contributed by atoms with van der Waals surface area (Å²) in [6.07, 6.45) is 7.72. The van der Waals surface area contributed by atoms with E-state index in [4.69, 9.17) is 4.74 Å². The van der Waals surface area contributed by atoms with Gasteiger partial charge in [-0.3, -0.25) is 4.98 Å². The van der Waals surface area contributed by atoms with Crippen LogP contribution in [0, 0.1) is 5.92 Å². The molecule has 0 bridgehead atoms. The first kappa shape index (κ1) is 14.4. The third-order valence-corrected chi connectivity index (χ3v) is 4.75. The Morgan fingerprint density at radius 1 is 1.05 bits per heavy atom. The quantitative estimate of drug-likeness (QED) is 0.774. The van der Waals surface area contributed by atoms with Crippen LogP contribution in [0.1, 0.15) is 51.6 Å². The van der Waals surface area contributed by atoms with E-state index in [1.54, 1.807) is 0 Å². The van der Waals surface area contributed by atoms with Crippen molar-refractivity contribution in [2.75, 3.05) is 0 Å². The second kappa shape index (κ2) is 6.46. The number of rotatable bonds is 4. The van der Waals surface area contributed by atoms with E-state index in [2.05, 4.69) is 49.2 Å². The van der Waals surface area contributed by atoms with Gasteiger partial charge in [0, 0.05) is 11.1 Å². The molecular weight excluding hydrogens is 258 g/mol. The van der Waals surface area contributed by atoms with E-state index in [-0.39, 0.29) is 0 Å². The van der Waals surface area contributed by atoms with E-state index in [1.165, 1.54) is 37.5 Å². The average Bonchev–Trinajstić information content (AvgIpc) is 2.55. The molecule has 112 valence electrons. The van der Waals surface area contributed by atoms with Crippen LogP contribution >= 0.6 is 0 Å². The topological polar surface area (TPSA) is 22.1 Å². The Balaban J connectivity index is 1.70. The molecule has 1 saturated carbocycles. The molecule has 1 fully saturated rings. The van der Waals surface area contributed by atoms with Crippen molar-refractivity contribution in [3.63, 3.8) is 0 Å². The Morgan fingerprint density at radius 2 is 1.86 bits per heavy atom. The van der Waals surface area contributed by atoms with Gasteiger partial charge in [0.2, 0.25) is 0 Å². The highest BCUT2D eigenvalue weighted by Crippen LogP contribution is 2.30. The van der Waals surface area contributed by atoms with Crippen molar-refractivity contribution in [1.29, 1.82) is 0 Å². The molecule has 0 unspecified atom stereocenters. The van der Waals surface area contributed by atoms with Gasteiger partial charge in [-0.25, -0.2) is 0 Å². The third-order valence-electron chi connectivity index (χ3n) is 4.75. The second-order valence-electron chi connectivity index (χ2n) is 6.18. The summed E-state index contributed by atoms with van der Waals surface area (Å²) >= 11 is 0. The zero-order chi connectivity index (χ0) is 14.7. The Kier molecular flexibility index (Phi) is 4.42. The summed E-state index contributed by atoms with van der Waals surface area (Å²) in [6, 6.07) is 10.6. The van der Waals surface area contributed by atoms with Gasteiger partial charge in [-0.05, 0) is 62.3 Å². The standard InChI is InChI=1S/C19H25NO/c1-3-14-5-9-17(10-6-14)21-18-11-12-19-15(13-18)7-8-16(4-2)20-19/h7-8,11-14,17H,3-6,9-10H2,1-2H3/t14-,17+. The van der Waals surface area contributed by atoms with E-state index in [0.717, 1.165) is 29.3 Å². The molecule has 1 aliphatic rings. The van der Waals surface area contributed by atoms with Crippen molar-refractivity contribution in [3.05, 3.63) is 36.0 Å². The lowest BCUT2D eigenvalue weighted by Crippen LogP contribution is -2.23. The minimum Gasteiger partial charge on any atom is -0.490 e. The van der Waals surface area contributed by atoms with E-state index in [0.29, 0.717) is 6.10 Å². The smallest absolute Gasteiger partial charge is 0.120 e. The summed E-state index contributed by atoms with van der Waals surface area (Å²) in [6.45, 7) is 4.44. The number of ether oxygens (including phenoxy) is 1. The molecule has 3 rings (SSSR count). The Labute approximate surface area is 127 Å². The van der Waals surface area contributed by atoms with Crippen LogP contribution in [0.15, 0.2) is 30.3 Å². The lowest BCUT2D eigenvalue weighted by molar-refractivity contribution is 0.130. The number of benzene rings is 1. The fraction of sp³-hybridized carbons (Fsp3) is 0.526. The molecule has 2 heteroatoms. The summed E-state index contributed by atoms with van der Waals surface area (Å²) in [5, 5.41) is 1.17. The van der Waals surface area contributed by atoms with Crippen molar-refractivity contribution in [3.8, 4) is 5.75 Å². The molecule has 1 aliphatic carbocycles. The first-order valence-corrected chi connectivity index (χ1v) is 8.34. The Hall–Kier alpha value is -1.57. The molecular formula is C19H25NO. The number of pyridine rings is 1. The van der Waals surface area contributed by atoms with Crippen LogP contribution in [-0.4, -0.2) is 11.1 Å². The number of fused-ring (bicyclic) bond motifs is 1. The predicted octanol–water partition coefficient (Wildman–Crippen LogP) is 5.14. The molecule has 0 N–H and O–H groups in total. The van der Waals surface area contributed by atoms with Crippen LogP contribution in [-0.2, 0) is 6.42 Å². The van der Waals surface area contributed by atoms with Gasteiger partial charge < -0.3 is 4.74 Å². The van der Waals surface area contributed by atoms with E-state index >= 15 is 0 Å². The molecule has 0 atom stereocenters. The molecule has 1 aromatic heterocycles. The summed E-state index contributed by atoms with van der Waals surface area (Å²) in [5.74, 6) is 1.91. The second-order valence-corrected chi connectivity index (χ2v) is 6.18. The van der Waals surface area contributed by atoms with Gasteiger partial charge in [-0.1, -0.05) is 26.3 Å². The fourth-order valence-electron chi connectivity index (χ4n) is 3.27. The largest absolute Gasteiger partial charge is 0.490 e. The van der Waals surface area contributed by atoms with Crippen molar-refractivity contribution in [1.82, 2.24) is 4.98 Å².